The number of carbonyl (C=O) groups is 2. The number of hydrogen-bond donors (Lipinski definition) is 2. The first-order chi connectivity index (χ1) is 15.2. The summed E-state index contributed by atoms with van der Waals surface area (Å²) < 4.78 is 0. The van der Waals surface area contributed by atoms with Gasteiger partial charge >= 0.3 is 6.03 Å². The molecule has 2 aromatic carbocycles. The van der Waals surface area contributed by atoms with E-state index in [2.05, 4.69) is 27.7 Å². The van der Waals surface area contributed by atoms with Gasteiger partial charge in [0.15, 0.2) is 0 Å². The van der Waals surface area contributed by atoms with Gasteiger partial charge in [0.2, 0.25) is 5.91 Å². The predicted octanol–water partition coefficient (Wildman–Crippen LogP) is 4.70. The van der Waals surface area contributed by atoms with Crippen LogP contribution in [0.3, 0.4) is 0 Å². The van der Waals surface area contributed by atoms with Crippen LogP contribution in [0.25, 0.3) is 0 Å². The second kappa shape index (κ2) is 10.4. The van der Waals surface area contributed by atoms with Crippen molar-refractivity contribution in [3.05, 3.63) is 60.2 Å². The first-order valence-electron chi connectivity index (χ1n) is 11.4. The van der Waals surface area contributed by atoms with Crippen LogP contribution in [-0.2, 0) is 11.3 Å². The summed E-state index contributed by atoms with van der Waals surface area (Å²) in [6.07, 6.45) is 6.45. The molecule has 0 spiro atoms. The van der Waals surface area contributed by atoms with Gasteiger partial charge < -0.3 is 15.5 Å². The van der Waals surface area contributed by atoms with Crippen LogP contribution in [0.2, 0.25) is 0 Å². The lowest BCUT2D eigenvalue weighted by Gasteiger charge is -2.24. The Hall–Kier alpha value is -2.86. The Morgan fingerprint density at radius 1 is 0.774 bits per heavy atom. The third kappa shape index (κ3) is 5.85. The van der Waals surface area contributed by atoms with Crippen LogP contribution < -0.4 is 10.6 Å². The maximum Gasteiger partial charge on any atom is 0.321 e. The molecule has 0 aliphatic carbocycles. The third-order valence-electron chi connectivity index (χ3n) is 6.19. The van der Waals surface area contributed by atoms with E-state index in [1.165, 1.54) is 18.4 Å². The van der Waals surface area contributed by atoms with E-state index in [4.69, 9.17) is 0 Å². The molecule has 2 heterocycles. The lowest BCUT2D eigenvalue weighted by molar-refractivity contribution is -0.120. The standard InChI is InChI=1S/C25H32N4O2/c30-24(23-11-8-18-29(23)19-20-9-4-3-5-10-20)26-21-12-14-22(15-13-21)27-25(31)28-16-6-1-2-7-17-28/h3-5,9-10,12-15,23H,1-2,6-8,11,16-19H2,(H,26,30)(H,27,31). The second-order valence-electron chi connectivity index (χ2n) is 8.51. The largest absolute Gasteiger partial charge is 0.325 e. The first kappa shape index (κ1) is 21.4. The van der Waals surface area contributed by atoms with E-state index in [-0.39, 0.29) is 18.0 Å². The van der Waals surface area contributed by atoms with Crippen LogP contribution in [0.4, 0.5) is 16.2 Å². The van der Waals surface area contributed by atoms with Gasteiger partial charge in [-0.15, -0.1) is 0 Å². The number of likely N-dealkylation sites (tertiary alicyclic amines) is 2. The van der Waals surface area contributed by atoms with Crippen molar-refractivity contribution in [1.29, 1.82) is 0 Å². The fourth-order valence-electron chi connectivity index (χ4n) is 4.47. The van der Waals surface area contributed by atoms with Gasteiger partial charge in [0.25, 0.3) is 0 Å². The predicted molar refractivity (Wildman–Crippen MR) is 124 cm³/mol. The zero-order valence-corrected chi connectivity index (χ0v) is 18.1. The molecule has 0 bridgehead atoms. The number of urea groups is 1. The highest BCUT2D eigenvalue weighted by Gasteiger charge is 2.30. The molecule has 1 atom stereocenters. The van der Waals surface area contributed by atoms with Gasteiger partial charge in [0.05, 0.1) is 6.04 Å². The van der Waals surface area contributed by atoms with E-state index in [1.54, 1.807) is 0 Å². The zero-order valence-electron chi connectivity index (χ0n) is 18.1. The van der Waals surface area contributed by atoms with Gasteiger partial charge in [-0.05, 0) is 62.1 Å². The third-order valence-corrected chi connectivity index (χ3v) is 6.19. The van der Waals surface area contributed by atoms with Crippen LogP contribution in [0.1, 0.15) is 44.1 Å². The van der Waals surface area contributed by atoms with Crippen molar-refractivity contribution >= 4 is 23.3 Å². The molecular formula is C25H32N4O2. The number of amides is 3. The molecule has 2 aliphatic heterocycles. The summed E-state index contributed by atoms with van der Waals surface area (Å²) in [5.74, 6) is 0.0368. The molecule has 6 heteroatoms. The van der Waals surface area contributed by atoms with Crippen LogP contribution in [0, 0.1) is 0 Å². The molecule has 2 saturated heterocycles. The molecule has 2 aromatic rings. The van der Waals surface area contributed by atoms with Crippen molar-refractivity contribution in [1.82, 2.24) is 9.80 Å². The fraction of sp³-hybridized carbons (Fsp3) is 0.440. The van der Waals surface area contributed by atoms with E-state index in [1.807, 2.05) is 47.4 Å². The molecule has 164 valence electrons. The minimum absolute atomic E-state index is 0.0368. The number of nitrogens with zero attached hydrogens (tertiary/aromatic N) is 2. The maximum absolute atomic E-state index is 12.9. The van der Waals surface area contributed by atoms with E-state index >= 15 is 0 Å². The van der Waals surface area contributed by atoms with Crippen molar-refractivity contribution in [3.63, 3.8) is 0 Å². The Labute approximate surface area is 184 Å². The Morgan fingerprint density at radius 2 is 1.42 bits per heavy atom. The minimum atomic E-state index is -0.109. The second-order valence-corrected chi connectivity index (χ2v) is 8.51. The molecule has 1 unspecified atom stereocenters. The topological polar surface area (TPSA) is 64.7 Å². The SMILES string of the molecule is O=C(Nc1ccc(NC(=O)N2CCCCCC2)cc1)C1CCCN1Cc1ccccc1. The van der Waals surface area contributed by atoms with E-state index in [0.29, 0.717) is 0 Å². The van der Waals surface area contributed by atoms with Crippen LogP contribution in [0.5, 0.6) is 0 Å². The Bertz CT molecular complexity index is 861. The summed E-state index contributed by atoms with van der Waals surface area (Å²) in [6.45, 7) is 3.37. The van der Waals surface area contributed by atoms with E-state index < -0.39 is 0 Å². The average molecular weight is 421 g/mol. The average Bonchev–Trinajstić information content (AvgIpc) is 3.07. The lowest BCUT2D eigenvalue weighted by atomic mass is 10.1. The Kier molecular flexibility index (Phi) is 7.20. The molecule has 0 radical (unpaired) electrons. The maximum atomic E-state index is 12.9. The lowest BCUT2D eigenvalue weighted by Crippen LogP contribution is -2.39. The highest BCUT2D eigenvalue weighted by Crippen LogP contribution is 2.22. The molecule has 2 aliphatic rings. The first-order valence-corrected chi connectivity index (χ1v) is 11.4. The summed E-state index contributed by atoms with van der Waals surface area (Å²) in [7, 11) is 0. The van der Waals surface area contributed by atoms with Gasteiger partial charge in [-0.2, -0.15) is 0 Å². The summed E-state index contributed by atoms with van der Waals surface area (Å²) in [4.78, 5) is 29.5. The molecule has 0 saturated carbocycles. The summed E-state index contributed by atoms with van der Waals surface area (Å²) in [5, 5.41) is 6.02. The molecular weight excluding hydrogens is 388 g/mol. The molecule has 0 aromatic heterocycles. The highest BCUT2D eigenvalue weighted by atomic mass is 16.2. The normalized spacial score (nSPS) is 19.6. The van der Waals surface area contributed by atoms with Gasteiger partial charge in [-0.1, -0.05) is 43.2 Å². The van der Waals surface area contributed by atoms with Gasteiger partial charge in [0.1, 0.15) is 0 Å². The van der Waals surface area contributed by atoms with Gasteiger partial charge in [-0.3, -0.25) is 9.69 Å². The van der Waals surface area contributed by atoms with Crippen molar-refractivity contribution in [2.75, 3.05) is 30.3 Å². The fourth-order valence-corrected chi connectivity index (χ4v) is 4.47. The molecule has 4 rings (SSSR count). The zero-order chi connectivity index (χ0) is 21.5. The molecule has 31 heavy (non-hydrogen) atoms. The summed E-state index contributed by atoms with van der Waals surface area (Å²) >= 11 is 0. The van der Waals surface area contributed by atoms with Crippen molar-refractivity contribution in [2.45, 2.75) is 51.1 Å². The van der Waals surface area contributed by atoms with E-state index in [9.17, 15) is 9.59 Å². The quantitative estimate of drug-likeness (QED) is 0.737. The Morgan fingerprint density at radius 3 is 2.10 bits per heavy atom. The number of rotatable bonds is 5. The molecule has 6 nitrogen and oxygen atoms in total. The molecule has 2 fully saturated rings. The number of carbonyl (C=O) groups excluding carboxylic acids is 2. The molecule has 2 N–H and O–H groups in total. The minimum Gasteiger partial charge on any atom is -0.325 e. The van der Waals surface area contributed by atoms with Crippen molar-refractivity contribution in [3.8, 4) is 0 Å². The number of benzene rings is 2. The highest BCUT2D eigenvalue weighted by molar-refractivity contribution is 5.95. The van der Waals surface area contributed by atoms with Gasteiger partial charge in [0, 0.05) is 31.0 Å². The number of anilines is 2. The van der Waals surface area contributed by atoms with Crippen LogP contribution >= 0.6 is 0 Å². The number of hydrogen-bond acceptors (Lipinski definition) is 3. The molecule has 3 amide bonds. The number of nitrogens with one attached hydrogen (secondary N) is 2. The summed E-state index contributed by atoms with van der Waals surface area (Å²) in [6, 6.07) is 17.5. The van der Waals surface area contributed by atoms with Crippen molar-refractivity contribution < 1.29 is 9.59 Å². The van der Waals surface area contributed by atoms with Crippen molar-refractivity contribution in [2.24, 2.45) is 0 Å². The monoisotopic (exact) mass is 420 g/mol. The van der Waals surface area contributed by atoms with E-state index in [0.717, 1.165) is 63.2 Å². The van der Waals surface area contributed by atoms with Crippen LogP contribution in [-0.4, -0.2) is 47.4 Å². The summed E-state index contributed by atoms with van der Waals surface area (Å²) in [5.41, 5.74) is 2.73. The van der Waals surface area contributed by atoms with Gasteiger partial charge in [-0.25, -0.2) is 4.79 Å². The smallest absolute Gasteiger partial charge is 0.321 e. The Balaban J connectivity index is 1.30. The van der Waals surface area contributed by atoms with Crippen LogP contribution in [0.15, 0.2) is 54.6 Å².